The highest BCUT2D eigenvalue weighted by Gasteiger charge is 2.39. The molecule has 0 bridgehead atoms. The number of carbonyl (C=O) groups is 2. The molecule has 0 N–H and O–H groups in total. The second-order valence-corrected chi connectivity index (χ2v) is 6.69. The normalized spacial score (nSPS) is 16.8. The van der Waals surface area contributed by atoms with Crippen molar-refractivity contribution >= 4 is 18.0 Å². The van der Waals surface area contributed by atoms with E-state index in [1.165, 1.54) is 7.11 Å². The summed E-state index contributed by atoms with van der Waals surface area (Å²) in [6.45, 7) is 5.74. The van der Waals surface area contributed by atoms with Crippen LogP contribution in [0.25, 0.3) is 6.08 Å². The molecule has 1 heterocycles. The van der Waals surface area contributed by atoms with Gasteiger partial charge in [0.2, 0.25) is 0 Å². The third-order valence-electron chi connectivity index (χ3n) is 4.85. The molecule has 4 heteroatoms. The van der Waals surface area contributed by atoms with Gasteiger partial charge in [0.1, 0.15) is 0 Å². The van der Waals surface area contributed by atoms with Crippen molar-refractivity contribution in [2.75, 3.05) is 7.11 Å². The molecule has 0 unspecified atom stereocenters. The van der Waals surface area contributed by atoms with E-state index >= 15 is 0 Å². The highest BCUT2D eigenvalue weighted by molar-refractivity contribution is 6.16. The summed E-state index contributed by atoms with van der Waals surface area (Å²) in [7, 11) is 1.33. The fourth-order valence-corrected chi connectivity index (χ4v) is 3.47. The molecule has 2 aromatic rings. The quantitative estimate of drug-likeness (QED) is 0.598. The van der Waals surface area contributed by atoms with Gasteiger partial charge in [-0.15, -0.1) is 0 Å². The summed E-state index contributed by atoms with van der Waals surface area (Å²) < 4.78 is 4.96. The summed E-state index contributed by atoms with van der Waals surface area (Å²) in [6.07, 6.45) is 1.77. The van der Waals surface area contributed by atoms with Crippen LogP contribution in [0.1, 0.15) is 36.6 Å². The SMILES string of the molecule is COC(=O)C1=C(C)N([C@@H](C)c2ccccc2)C(=O)/C1=C\c1cccc(C)c1. The van der Waals surface area contributed by atoms with Crippen LogP contribution < -0.4 is 0 Å². The molecule has 138 valence electrons. The van der Waals surface area contributed by atoms with Crippen molar-refractivity contribution in [3.63, 3.8) is 0 Å². The number of ether oxygens (including phenoxy) is 1. The van der Waals surface area contributed by atoms with Crippen LogP contribution in [-0.4, -0.2) is 23.9 Å². The van der Waals surface area contributed by atoms with Gasteiger partial charge in [0, 0.05) is 5.70 Å². The summed E-state index contributed by atoms with van der Waals surface area (Å²) >= 11 is 0. The van der Waals surface area contributed by atoms with Crippen molar-refractivity contribution in [3.8, 4) is 0 Å². The van der Waals surface area contributed by atoms with E-state index in [0.29, 0.717) is 16.8 Å². The molecule has 0 radical (unpaired) electrons. The first-order valence-corrected chi connectivity index (χ1v) is 8.90. The number of amides is 1. The summed E-state index contributed by atoms with van der Waals surface area (Å²) in [6, 6.07) is 17.4. The molecule has 0 saturated heterocycles. The minimum atomic E-state index is -0.498. The highest BCUT2D eigenvalue weighted by atomic mass is 16.5. The van der Waals surface area contributed by atoms with Crippen LogP contribution in [0.2, 0.25) is 0 Å². The van der Waals surface area contributed by atoms with Gasteiger partial charge in [-0.1, -0.05) is 60.2 Å². The van der Waals surface area contributed by atoms with E-state index in [0.717, 1.165) is 16.7 Å². The first-order chi connectivity index (χ1) is 12.9. The van der Waals surface area contributed by atoms with Crippen LogP contribution in [0, 0.1) is 6.92 Å². The number of aryl methyl sites for hydroxylation is 1. The number of benzene rings is 2. The third-order valence-corrected chi connectivity index (χ3v) is 4.85. The van der Waals surface area contributed by atoms with Crippen LogP contribution in [0.5, 0.6) is 0 Å². The van der Waals surface area contributed by atoms with Crippen molar-refractivity contribution in [1.29, 1.82) is 0 Å². The van der Waals surface area contributed by atoms with E-state index in [1.54, 1.807) is 17.9 Å². The van der Waals surface area contributed by atoms with Gasteiger partial charge in [0.25, 0.3) is 5.91 Å². The van der Waals surface area contributed by atoms with Gasteiger partial charge in [-0.2, -0.15) is 0 Å². The highest BCUT2D eigenvalue weighted by Crippen LogP contribution is 2.37. The number of methoxy groups -OCH3 is 1. The van der Waals surface area contributed by atoms with Crippen molar-refractivity contribution < 1.29 is 14.3 Å². The minimum absolute atomic E-state index is 0.189. The molecular formula is C23H23NO3. The van der Waals surface area contributed by atoms with Crippen LogP contribution in [0.15, 0.2) is 71.4 Å². The van der Waals surface area contributed by atoms with E-state index in [1.807, 2.05) is 68.4 Å². The fourth-order valence-electron chi connectivity index (χ4n) is 3.47. The van der Waals surface area contributed by atoms with Crippen LogP contribution in [0.4, 0.5) is 0 Å². The number of hydrogen-bond acceptors (Lipinski definition) is 3. The molecule has 2 aromatic carbocycles. The Labute approximate surface area is 159 Å². The van der Waals surface area contributed by atoms with Crippen molar-refractivity contribution in [1.82, 2.24) is 4.90 Å². The topological polar surface area (TPSA) is 46.6 Å². The van der Waals surface area contributed by atoms with Gasteiger partial charge in [0.05, 0.1) is 24.3 Å². The lowest BCUT2D eigenvalue weighted by molar-refractivity contribution is -0.136. The largest absolute Gasteiger partial charge is 0.465 e. The predicted molar refractivity (Wildman–Crippen MR) is 106 cm³/mol. The number of rotatable bonds is 4. The zero-order valence-corrected chi connectivity index (χ0v) is 16.0. The Hall–Kier alpha value is -3.14. The smallest absolute Gasteiger partial charge is 0.340 e. The average molecular weight is 361 g/mol. The van der Waals surface area contributed by atoms with Crippen molar-refractivity contribution in [2.24, 2.45) is 0 Å². The first kappa shape index (κ1) is 18.6. The second kappa shape index (κ2) is 7.62. The fraction of sp³-hybridized carbons (Fsp3) is 0.217. The standard InChI is InChI=1S/C23H23NO3/c1-15-9-8-10-18(13-15)14-20-21(23(26)27-4)17(3)24(22(20)25)16(2)19-11-6-5-7-12-19/h5-14,16H,1-4H3/b20-14-/t16-/m0/s1. The summed E-state index contributed by atoms with van der Waals surface area (Å²) in [5.74, 6) is -0.687. The third kappa shape index (κ3) is 3.56. The Bertz CT molecular complexity index is 941. The molecule has 0 aromatic heterocycles. The maximum Gasteiger partial charge on any atom is 0.340 e. The molecule has 4 nitrogen and oxygen atoms in total. The first-order valence-electron chi connectivity index (χ1n) is 8.90. The molecule has 1 aliphatic heterocycles. The summed E-state index contributed by atoms with van der Waals surface area (Å²) in [5, 5.41) is 0. The second-order valence-electron chi connectivity index (χ2n) is 6.69. The monoisotopic (exact) mass is 361 g/mol. The number of esters is 1. The molecule has 0 aliphatic carbocycles. The molecule has 3 rings (SSSR count). The van der Waals surface area contributed by atoms with Crippen LogP contribution in [0.3, 0.4) is 0 Å². The molecule has 0 spiro atoms. The van der Waals surface area contributed by atoms with Crippen molar-refractivity contribution in [2.45, 2.75) is 26.8 Å². The maximum atomic E-state index is 13.3. The number of hydrogen-bond donors (Lipinski definition) is 0. The minimum Gasteiger partial charge on any atom is -0.465 e. The number of carbonyl (C=O) groups excluding carboxylic acids is 2. The summed E-state index contributed by atoms with van der Waals surface area (Å²) in [4.78, 5) is 27.4. The average Bonchev–Trinajstić information content (AvgIpc) is 2.91. The molecule has 0 saturated carbocycles. The van der Waals surface area contributed by atoms with Crippen LogP contribution in [-0.2, 0) is 14.3 Å². The Balaban J connectivity index is 2.09. The van der Waals surface area contributed by atoms with Crippen LogP contribution >= 0.6 is 0 Å². The van der Waals surface area contributed by atoms with E-state index in [2.05, 4.69) is 0 Å². The zero-order chi connectivity index (χ0) is 19.6. The Kier molecular flexibility index (Phi) is 5.26. The van der Waals surface area contributed by atoms with Gasteiger partial charge < -0.3 is 9.64 Å². The number of nitrogens with zero attached hydrogens (tertiary/aromatic N) is 1. The van der Waals surface area contributed by atoms with Gasteiger partial charge >= 0.3 is 5.97 Å². The predicted octanol–water partition coefficient (Wildman–Crippen LogP) is 4.43. The Morgan fingerprint density at radius 2 is 1.78 bits per heavy atom. The van der Waals surface area contributed by atoms with Gasteiger partial charge in [-0.05, 0) is 38.0 Å². The van der Waals surface area contributed by atoms with Gasteiger partial charge in [0.15, 0.2) is 0 Å². The molecular weight excluding hydrogens is 338 g/mol. The van der Waals surface area contributed by atoms with E-state index in [4.69, 9.17) is 4.74 Å². The van der Waals surface area contributed by atoms with E-state index in [-0.39, 0.29) is 11.9 Å². The molecule has 1 amide bonds. The molecule has 27 heavy (non-hydrogen) atoms. The summed E-state index contributed by atoms with van der Waals surface area (Å²) in [5.41, 5.74) is 4.28. The molecule has 0 fully saturated rings. The van der Waals surface area contributed by atoms with E-state index < -0.39 is 5.97 Å². The lowest BCUT2D eigenvalue weighted by atomic mass is 10.0. The lowest BCUT2D eigenvalue weighted by Crippen LogP contribution is -2.28. The Morgan fingerprint density at radius 1 is 1.07 bits per heavy atom. The Morgan fingerprint density at radius 3 is 2.41 bits per heavy atom. The molecule has 1 aliphatic rings. The van der Waals surface area contributed by atoms with Gasteiger partial charge in [-0.3, -0.25) is 4.79 Å². The lowest BCUT2D eigenvalue weighted by Gasteiger charge is -2.26. The van der Waals surface area contributed by atoms with Crippen molar-refractivity contribution in [3.05, 3.63) is 88.1 Å². The molecule has 1 atom stereocenters. The number of allylic oxidation sites excluding steroid dienone is 1. The van der Waals surface area contributed by atoms with Gasteiger partial charge in [-0.25, -0.2) is 4.79 Å². The maximum absolute atomic E-state index is 13.3. The zero-order valence-electron chi connectivity index (χ0n) is 16.0. The van der Waals surface area contributed by atoms with E-state index in [9.17, 15) is 9.59 Å².